The number of ether oxygens (including phenoxy) is 1. The number of hydrogen-bond acceptors (Lipinski definition) is 3. The van der Waals surface area contributed by atoms with Crippen LogP contribution in [0.2, 0.25) is 0 Å². The van der Waals surface area contributed by atoms with Crippen molar-refractivity contribution >= 4 is 0 Å². The molecule has 0 amide bonds. The van der Waals surface area contributed by atoms with Gasteiger partial charge in [0.2, 0.25) is 0 Å². The van der Waals surface area contributed by atoms with Crippen LogP contribution in [0.15, 0.2) is 12.1 Å². The van der Waals surface area contributed by atoms with Crippen LogP contribution in [-0.2, 0) is 0 Å². The summed E-state index contributed by atoms with van der Waals surface area (Å²) in [5.74, 6) is -1.23. The van der Waals surface area contributed by atoms with E-state index in [1.165, 1.54) is 7.11 Å². The highest BCUT2D eigenvalue weighted by molar-refractivity contribution is 5.34. The highest BCUT2D eigenvalue weighted by Crippen LogP contribution is 2.54. The molecule has 1 unspecified atom stereocenters. The molecule has 0 radical (unpaired) electrons. The second-order valence-electron chi connectivity index (χ2n) is 4.75. The summed E-state index contributed by atoms with van der Waals surface area (Å²) in [6.07, 6.45) is 1.62. The normalized spacial score (nSPS) is 18.5. The zero-order chi connectivity index (χ0) is 13.3. The SMILES string of the molecule is CNC(c1cc(F)c(OC)cc1F)C1(CO)CC1. The molecule has 1 fully saturated rings. The summed E-state index contributed by atoms with van der Waals surface area (Å²) in [4.78, 5) is 0. The van der Waals surface area contributed by atoms with Gasteiger partial charge >= 0.3 is 0 Å². The van der Waals surface area contributed by atoms with Gasteiger partial charge in [-0.2, -0.15) is 0 Å². The molecule has 0 aromatic heterocycles. The Bertz CT molecular complexity index is 447. The molecule has 18 heavy (non-hydrogen) atoms. The summed E-state index contributed by atoms with van der Waals surface area (Å²) >= 11 is 0. The predicted octanol–water partition coefficient (Wildman–Crippen LogP) is 2.01. The summed E-state index contributed by atoms with van der Waals surface area (Å²) in [5, 5.41) is 12.4. The Labute approximate surface area is 105 Å². The van der Waals surface area contributed by atoms with E-state index in [2.05, 4.69) is 5.32 Å². The number of aliphatic hydroxyl groups is 1. The van der Waals surface area contributed by atoms with Gasteiger partial charge in [0.05, 0.1) is 13.7 Å². The minimum absolute atomic E-state index is 0.0361. The van der Waals surface area contributed by atoms with Crippen molar-refractivity contribution in [1.82, 2.24) is 5.32 Å². The van der Waals surface area contributed by atoms with Gasteiger partial charge < -0.3 is 15.2 Å². The average molecular weight is 257 g/mol. The first-order valence-corrected chi connectivity index (χ1v) is 5.89. The van der Waals surface area contributed by atoms with Crippen LogP contribution in [0.25, 0.3) is 0 Å². The first kappa shape index (κ1) is 13.2. The first-order valence-electron chi connectivity index (χ1n) is 5.89. The van der Waals surface area contributed by atoms with Crippen LogP contribution in [0.1, 0.15) is 24.4 Å². The van der Waals surface area contributed by atoms with Crippen LogP contribution in [-0.4, -0.2) is 25.9 Å². The second-order valence-corrected chi connectivity index (χ2v) is 4.75. The zero-order valence-electron chi connectivity index (χ0n) is 10.5. The van der Waals surface area contributed by atoms with Crippen molar-refractivity contribution in [2.75, 3.05) is 20.8 Å². The standard InChI is InChI=1S/C13H17F2NO2/c1-16-12(13(7-17)3-4-13)8-5-10(15)11(18-2)6-9(8)14/h5-6,12,16-17H,3-4,7H2,1-2H3. The monoisotopic (exact) mass is 257 g/mol. The molecule has 0 spiro atoms. The molecule has 0 bridgehead atoms. The molecule has 5 heteroatoms. The van der Waals surface area contributed by atoms with Gasteiger partial charge in [-0.3, -0.25) is 0 Å². The lowest BCUT2D eigenvalue weighted by Crippen LogP contribution is -2.30. The van der Waals surface area contributed by atoms with Crippen LogP contribution >= 0.6 is 0 Å². The molecule has 3 nitrogen and oxygen atoms in total. The third-order valence-electron chi connectivity index (χ3n) is 3.69. The maximum atomic E-state index is 14.0. The van der Waals surface area contributed by atoms with E-state index in [0.717, 1.165) is 25.0 Å². The topological polar surface area (TPSA) is 41.5 Å². The number of methoxy groups -OCH3 is 1. The van der Waals surface area contributed by atoms with Gasteiger partial charge in [-0.15, -0.1) is 0 Å². The average Bonchev–Trinajstić information content (AvgIpc) is 3.15. The Hall–Kier alpha value is -1.20. The van der Waals surface area contributed by atoms with E-state index >= 15 is 0 Å². The fourth-order valence-electron chi connectivity index (χ4n) is 2.41. The Morgan fingerprint density at radius 3 is 2.50 bits per heavy atom. The summed E-state index contributed by atoms with van der Waals surface area (Å²) in [7, 11) is 2.98. The number of halogens is 2. The van der Waals surface area contributed by atoms with Crippen molar-refractivity contribution in [2.45, 2.75) is 18.9 Å². The lowest BCUT2D eigenvalue weighted by atomic mass is 9.90. The number of nitrogens with one attached hydrogen (secondary N) is 1. The summed E-state index contributed by atoms with van der Waals surface area (Å²) in [6.45, 7) is -0.0361. The van der Waals surface area contributed by atoms with E-state index in [1.54, 1.807) is 7.05 Å². The summed E-state index contributed by atoms with van der Waals surface area (Å²) < 4.78 is 32.4. The number of aliphatic hydroxyl groups excluding tert-OH is 1. The van der Waals surface area contributed by atoms with Gasteiger partial charge in [-0.25, -0.2) is 8.78 Å². The zero-order valence-corrected chi connectivity index (χ0v) is 10.5. The van der Waals surface area contributed by atoms with E-state index in [4.69, 9.17) is 4.74 Å². The first-order chi connectivity index (χ1) is 8.57. The molecule has 1 aromatic carbocycles. The minimum atomic E-state index is -0.595. The van der Waals surface area contributed by atoms with Gasteiger partial charge in [0, 0.05) is 23.1 Å². The van der Waals surface area contributed by atoms with Gasteiger partial charge in [0.1, 0.15) is 5.82 Å². The van der Waals surface area contributed by atoms with Gasteiger partial charge in [-0.05, 0) is 26.0 Å². The van der Waals surface area contributed by atoms with Crippen LogP contribution in [0.3, 0.4) is 0 Å². The van der Waals surface area contributed by atoms with Crippen molar-refractivity contribution in [2.24, 2.45) is 5.41 Å². The lowest BCUT2D eigenvalue weighted by Gasteiger charge is -2.26. The van der Waals surface area contributed by atoms with Crippen molar-refractivity contribution in [3.8, 4) is 5.75 Å². The van der Waals surface area contributed by atoms with Crippen LogP contribution in [0.4, 0.5) is 8.78 Å². The smallest absolute Gasteiger partial charge is 0.165 e. The molecule has 0 heterocycles. The molecular formula is C13H17F2NO2. The molecular weight excluding hydrogens is 240 g/mol. The highest BCUT2D eigenvalue weighted by Gasteiger charge is 2.49. The summed E-state index contributed by atoms with van der Waals surface area (Å²) in [5.41, 5.74) is -0.126. The Kier molecular flexibility index (Phi) is 3.54. The third-order valence-corrected chi connectivity index (χ3v) is 3.69. The highest BCUT2D eigenvalue weighted by atomic mass is 19.1. The lowest BCUT2D eigenvalue weighted by molar-refractivity contribution is 0.173. The van der Waals surface area contributed by atoms with Crippen LogP contribution < -0.4 is 10.1 Å². The number of rotatable bonds is 5. The molecule has 2 rings (SSSR count). The Balaban J connectivity index is 2.40. The van der Waals surface area contributed by atoms with Crippen molar-refractivity contribution in [3.05, 3.63) is 29.3 Å². The molecule has 1 aromatic rings. The molecule has 100 valence electrons. The van der Waals surface area contributed by atoms with E-state index in [0.29, 0.717) is 0 Å². The fraction of sp³-hybridized carbons (Fsp3) is 0.538. The second kappa shape index (κ2) is 4.82. The maximum Gasteiger partial charge on any atom is 0.165 e. The predicted molar refractivity (Wildman–Crippen MR) is 63.5 cm³/mol. The molecule has 2 N–H and O–H groups in total. The van der Waals surface area contributed by atoms with Crippen LogP contribution in [0.5, 0.6) is 5.75 Å². The largest absolute Gasteiger partial charge is 0.494 e. The van der Waals surface area contributed by atoms with E-state index in [1.807, 2.05) is 0 Å². The Morgan fingerprint density at radius 1 is 1.39 bits per heavy atom. The van der Waals surface area contributed by atoms with Gasteiger partial charge in [0.15, 0.2) is 11.6 Å². The fourth-order valence-corrected chi connectivity index (χ4v) is 2.41. The summed E-state index contributed by atoms with van der Waals surface area (Å²) in [6, 6.07) is 1.80. The van der Waals surface area contributed by atoms with Gasteiger partial charge in [-0.1, -0.05) is 0 Å². The Morgan fingerprint density at radius 2 is 2.06 bits per heavy atom. The molecule has 1 aliphatic rings. The van der Waals surface area contributed by atoms with E-state index in [9.17, 15) is 13.9 Å². The molecule has 1 atom stereocenters. The van der Waals surface area contributed by atoms with Crippen molar-refractivity contribution < 1.29 is 18.6 Å². The van der Waals surface area contributed by atoms with Crippen LogP contribution in [0, 0.1) is 17.0 Å². The quantitative estimate of drug-likeness (QED) is 0.847. The molecule has 1 aliphatic carbocycles. The van der Waals surface area contributed by atoms with Gasteiger partial charge in [0.25, 0.3) is 0 Å². The number of benzene rings is 1. The van der Waals surface area contributed by atoms with E-state index < -0.39 is 11.6 Å². The van der Waals surface area contributed by atoms with Crippen molar-refractivity contribution in [3.63, 3.8) is 0 Å². The van der Waals surface area contributed by atoms with E-state index in [-0.39, 0.29) is 29.4 Å². The number of hydrogen-bond donors (Lipinski definition) is 2. The molecule has 0 aliphatic heterocycles. The third kappa shape index (κ3) is 2.08. The maximum absolute atomic E-state index is 14.0. The minimum Gasteiger partial charge on any atom is -0.494 e. The molecule has 1 saturated carbocycles. The van der Waals surface area contributed by atoms with Crippen molar-refractivity contribution in [1.29, 1.82) is 0 Å². The molecule has 0 saturated heterocycles.